The summed E-state index contributed by atoms with van der Waals surface area (Å²) in [6, 6.07) is 0. The van der Waals surface area contributed by atoms with E-state index in [0.29, 0.717) is 5.92 Å². The smallest absolute Gasteiger partial charge is 0.340 e. The number of rotatable bonds is 4. The summed E-state index contributed by atoms with van der Waals surface area (Å²) in [4.78, 5) is 3.15. The van der Waals surface area contributed by atoms with Crippen LogP contribution in [0.5, 0.6) is 0 Å². The first-order chi connectivity index (χ1) is 6.00. The highest BCUT2D eigenvalue weighted by Gasteiger charge is 2.36. The Labute approximate surface area is 82.4 Å². The summed E-state index contributed by atoms with van der Waals surface area (Å²) in [7, 11) is 1.93. The van der Waals surface area contributed by atoms with Crippen LogP contribution in [0.2, 0.25) is 0 Å². The summed E-state index contributed by atoms with van der Waals surface area (Å²) < 4.78 is 5.58. The quantitative estimate of drug-likeness (QED) is 0.517. The van der Waals surface area contributed by atoms with Gasteiger partial charge in [0.25, 0.3) is 0 Å². The Morgan fingerprint density at radius 3 is 2.23 bits per heavy atom. The predicted molar refractivity (Wildman–Crippen MR) is 56.8 cm³/mol. The first-order valence-corrected chi connectivity index (χ1v) is 5.18. The molecule has 1 unspecified atom stereocenters. The molecule has 0 spiro atoms. The average Bonchev–Trinajstić information content (AvgIpc) is 2.12. The molecule has 1 N–H and O–H groups in total. The highest BCUT2D eigenvalue weighted by Crippen LogP contribution is 2.29. The average molecular weight is 186 g/mol. The maximum Gasteiger partial charge on any atom is 0.340 e. The number of hydrogen-bond acceptors (Lipinski definition) is 1. The van der Waals surface area contributed by atoms with Gasteiger partial charge in [0, 0.05) is 0 Å². The zero-order valence-electron chi connectivity index (χ0n) is 9.90. The van der Waals surface area contributed by atoms with Crippen molar-refractivity contribution >= 4 is 5.90 Å². The monoisotopic (exact) mass is 186 g/mol. The van der Waals surface area contributed by atoms with Gasteiger partial charge in [0.05, 0.1) is 12.0 Å². The summed E-state index contributed by atoms with van der Waals surface area (Å²) >= 11 is 0. The highest BCUT2D eigenvalue weighted by molar-refractivity contribution is 5.76. The number of ether oxygens (including phenoxy) is 1. The van der Waals surface area contributed by atoms with Crippen LogP contribution in [0.15, 0.2) is 0 Å². The first-order valence-electron chi connectivity index (χ1n) is 5.18. The lowest BCUT2D eigenvalue weighted by molar-refractivity contribution is -0.438. The van der Waals surface area contributed by atoms with Gasteiger partial charge in [0.15, 0.2) is 0 Å². The lowest BCUT2D eigenvalue weighted by Crippen LogP contribution is -2.72. The molecule has 0 aliphatic rings. The molecule has 0 saturated heterocycles. The normalized spacial score (nSPS) is 15.7. The molecule has 13 heavy (non-hydrogen) atoms. The molecular formula is C11H24NO+. The van der Waals surface area contributed by atoms with Crippen LogP contribution in [0, 0.1) is 11.3 Å². The van der Waals surface area contributed by atoms with Crippen molar-refractivity contribution in [1.29, 1.82) is 0 Å². The maximum atomic E-state index is 5.58. The predicted octanol–water partition coefficient (Wildman–Crippen LogP) is 1.20. The van der Waals surface area contributed by atoms with Gasteiger partial charge in [-0.15, -0.1) is 0 Å². The Morgan fingerprint density at radius 1 is 1.38 bits per heavy atom. The van der Waals surface area contributed by atoms with Crippen LogP contribution in [0.3, 0.4) is 0 Å². The third-order valence-corrected chi connectivity index (χ3v) is 2.95. The molecule has 0 saturated carbocycles. The summed E-state index contributed by atoms with van der Waals surface area (Å²) in [5, 5.41) is 0. The largest absolute Gasteiger partial charge is 0.448 e. The van der Waals surface area contributed by atoms with E-state index in [1.165, 1.54) is 6.42 Å². The van der Waals surface area contributed by atoms with Crippen molar-refractivity contribution in [1.82, 2.24) is 0 Å². The minimum Gasteiger partial charge on any atom is -0.448 e. The van der Waals surface area contributed by atoms with E-state index in [-0.39, 0.29) is 5.41 Å². The maximum absolute atomic E-state index is 5.58. The zero-order chi connectivity index (χ0) is 10.5. The molecule has 0 aliphatic carbocycles. The molecular weight excluding hydrogens is 162 g/mol. The molecule has 0 aromatic heterocycles. The van der Waals surface area contributed by atoms with Gasteiger partial charge in [0.2, 0.25) is 0 Å². The van der Waals surface area contributed by atoms with Crippen LogP contribution in [0.25, 0.3) is 0 Å². The molecule has 0 aromatic rings. The summed E-state index contributed by atoms with van der Waals surface area (Å²) in [5.41, 5.74) is 0.111. The third kappa shape index (κ3) is 3.02. The van der Waals surface area contributed by atoms with E-state index in [1.807, 2.05) is 14.0 Å². The minimum absolute atomic E-state index is 0.111. The van der Waals surface area contributed by atoms with Gasteiger partial charge in [-0.3, -0.25) is 0 Å². The van der Waals surface area contributed by atoms with Gasteiger partial charge in [-0.25, -0.2) is 4.99 Å². The minimum atomic E-state index is 0.111. The summed E-state index contributed by atoms with van der Waals surface area (Å²) in [6.45, 7) is 11.7. The molecule has 0 amide bonds. The fourth-order valence-corrected chi connectivity index (χ4v) is 1.46. The van der Waals surface area contributed by atoms with Crippen LogP contribution in [-0.2, 0) is 4.74 Å². The number of nitrogens with one attached hydrogen (secondary N) is 1. The van der Waals surface area contributed by atoms with E-state index in [1.54, 1.807) is 0 Å². The number of hydrogen-bond donors (Lipinski definition) is 1. The van der Waals surface area contributed by atoms with Gasteiger partial charge < -0.3 is 4.74 Å². The fraction of sp³-hybridized carbons (Fsp3) is 0.909. The SMILES string of the molecule is CCOC(=[NH+]C)C(C)(C)C(C)CC. The lowest BCUT2D eigenvalue weighted by Gasteiger charge is -2.27. The van der Waals surface area contributed by atoms with Crippen LogP contribution < -0.4 is 4.99 Å². The van der Waals surface area contributed by atoms with Crippen molar-refractivity contribution in [3.63, 3.8) is 0 Å². The van der Waals surface area contributed by atoms with Crippen molar-refractivity contribution in [2.75, 3.05) is 13.7 Å². The molecule has 78 valence electrons. The van der Waals surface area contributed by atoms with Crippen molar-refractivity contribution in [3.05, 3.63) is 0 Å². The lowest BCUT2D eigenvalue weighted by atomic mass is 9.78. The Morgan fingerprint density at radius 2 is 1.92 bits per heavy atom. The first kappa shape index (κ1) is 12.5. The molecule has 0 bridgehead atoms. The second-order valence-corrected chi connectivity index (χ2v) is 4.04. The van der Waals surface area contributed by atoms with Crippen LogP contribution in [0.4, 0.5) is 0 Å². The van der Waals surface area contributed by atoms with Crippen LogP contribution >= 0.6 is 0 Å². The topological polar surface area (TPSA) is 23.2 Å². The Bertz CT molecular complexity index is 173. The van der Waals surface area contributed by atoms with Gasteiger partial charge in [-0.1, -0.05) is 20.3 Å². The molecule has 2 heteroatoms. The van der Waals surface area contributed by atoms with E-state index in [9.17, 15) is 0 Å². The third-order valence-electron chi connectivity index (χ3n) is 2.95. The van der Waals surface area contributed by atoms with Gasteiger partial charge in [-0.05, 0) is 26.7 Å². The molecule has 2 nitrogen and oxygen atoms in total. The molecule has 0 radical (unpaired) electrons. The van der Waals surface area contributed by atoms with E-state index >= 15 is 0 Å². The Kier molecular flexibility index (Phi) is 5.04. The van der Waals surface area contributed by atoms with E-state index in [2.05, 4.69) is 32.7 Å². The summed E-state index contributed by atoms with van der Waals surface area (Å²) in [6.07, 6.45) is 1.17. The van der Waals surface area contributed by atoms with E-state index in [0.717, 1.165) is 12.5 Å². The molecule has 0 aromatic carbocycles. The van der Waals surface area contributed by atoms with E-state index < -0.39 is 0 Å². The van der Waals surface area contributed by atoms with Crippen LogP contribution in [-0.4, -0.2) is 19.6 Å². The molecule has 0 heterocycles. The van der Waals surface area contributed by atoms with Crippen molar-refractivity contribution < 1.29 is 9.73 Å². The Hall–Kier alpha value is -0.530. The highest BCUT2D eigenvalue weighted by atomic mass is 16.5. The standard InChI is InChI=1S/C11H23NO/c1-7-9(3)11(4,5)10(12-6)13-8-2/h9H,7-8H2,1-6H3/p+1. The molecule has 0 rings (SSSR count). The molecule has 0 aliphatic heterocycles. The van der Waals surface area contributed by atoms with Crippen molar-refractivity contribution in [2.45, 2.75) is 41.0 Å². The van der Waals surface area contributed by atoms with Crippen LogP contribution in [0.1, 0.15) is 41.0 Å². The van der Waals surface area contributed by atoms with E-state index in [4.69, 9.17) is 4.74 Å². The molecule has 0 fully saturated rings. The van der Waals surface area contributed by atoms with Gasteiger partial charge in [0.1, 0.15) is 7.05 Å². The van der Waals surface area contributed by atoms with Crippen molar-refractivity contribution in [2.24, 2.45) is 11.3 Å². The Balaban J connectivity index is 4.57. The second-order valence-electron chi connectivity index (χ2n) is 4.04. The fourth-order valence-electron chi connectivity index (χ4n) is 1.46. The zero-order valence-corrected chi connectivity index (χ0v) is 9.90. The van der Waals surface area contributed by atoms with Gasteiger partial charge >= 0.3 is 5.90 Å². The van der Waals surface area contributed by atoms with Crippen molar-refractivity contribution in [3.8, 4) is 0 Å². The molecule has 1 atom stereocenters. The van der Waals surface area contributed by atoms with Gasteiger partial charge in [-0.2, -0.15) is 0 Å². The summed E-state index contributed by atoms with van der Waals surface area (Å²) in [5.74, 6) is 1.63. The second kappa shape index (κ2) is 5.25.